The number of aliphatic imine (C=N–C) groups is 1. The second-order valence-corrected chi connectivity index (χ2v) is 3.31. The van der Waals surface area contributed by atoms with Gasteiger partial charge in [-0.25, -0.2) is 4.99 Å². The van der Waals surface area contributed by atoms with E-state index >= 15 is 0 Å². The van der Waals surface area contributed by atoms with Crippen LogP contribution in [0.5, 0.6) is 0 Å². The van der Waals surface area contributed by atoms with Crippen LogP contribution in [0, 0.1) is 0 Å². The molecule has 0 fully saturated rings. The Labute approximate surface area is 78.7 Å². The zero-order chi connectivity index (χ0) is 8.97. The largest absolute Gasteiger partial charge is 0.367 e. The van der Waals surface area contributed by atoms with E-state index in [0.717, 1.165) is 19.3 Å². The summed E-state index contributed by atoms with van der Waals surface area (Å²) in [6, 6.07) is 0. The summed E-state index contributed by atoms with van der Waals surface area (Å²) in [7, 11) is 0. The molecule has 0 spiro atoms. The van der Waals surface area contributed by atoms with Gasteiger partial charge in [-0.1, -0.05) is 31.9 Å². The smallest absolute Gasteiger partial charge is 0.127 e. The fourth-order valence-electron chi connectivity index (χ4n) is 1.23. The van der Waals surface area contributed by atoms with Crippen LogP contribution in [0.4, 0.5) is 0 Å². The molecule has 0 bridgehead atoms. The molecule has 0 aromatic heterocycles. The van der Waals surface area contributed by atoms with Crippen LogP contribution in [0.2, 0.25) is 0 Å². The molecule has 0 saturated heterocycles. The molecule has 0 saturated carbocycles. The van der Waals surface area contributed by atoms with Crippen molar-refractivity contribution in [2.24, 2.45) is 4.99 Å². The first-order valence-electron chi connectivity index (χ1n) is 4.46. The molecule has 12 heavy (non-hydrogen) atoms. The summed E-state index contributed by atoms with van der Waals surface area (Å²) in [5.41, 5.74) is 1.19. The van der Waals surface area contributed by atoms with Crippen molar-refractivity contribution >= 4 is 16.8 Å². The Morgan fingerprint density at radius 2 is 2.33 bits per heavy atom. The molecule has 1 atom stereocenters. The van der Waals surface area contributed by atoms with Gasteiger partial charge >= 0.3 is 0 Å². The molecule has 0 radical (unpaired) electrons. The van der Waals surface area contributed by atoms with Gasteiger partial charge in [0.2, 0.25) is 0 Å². The van der Waals surface area contributed by atoms with E-state index < -0.39 is 0 Å². The number of nitrogens with one attached hydrogen (secondary N) is 1. The number of allylic oxidation sites excluding steroid dienone is 2. The highest BCUT2D eigenvalue weighted by Gasteiger charge is 2.11. The first-order chi connectivity index (χ1) is 5.76. The molecule has 68 valence electrons. The maximum Gasteiger partial charge on any atom is 0.127 e. The summed E-state index contributed by atoms with van der Waals surface area (Å²) in [5, 5.41) is 3.95. The van der Waals surface area contributed by atoms with Crippen molar-refractivity contribution < 1.29 is 0 Å². The lowest BCUT2D eigenvalue weighted by atomic mass is 10.2. The number of nitrogens with zero attached hydrogens (tertiary/aromatic N) is 1. The Morgan fingerprint density at radius 1 is 1.58 bits per heavy atom. The van der Waals surface area contributed by atoms with Gasteiger partial charge in [0.05, 0.1) is 0 Å². The van der Waals surface area contributed by atoms with Gasteiger partial charge in [-0.2, -0.15) is 0 Å². The Morgan fingerprint density at radius 3 is 2.92 bits per heavy atom. The van der Waals surface area contributed by atoms with Crippen molar-refractivity contribution in [1.29, 1.82) is 0 Å². The van der Waals surface area contributed by atoms with Crippen LogP contribution in [0.1, 0.15) is 33.1 Å². The maximum absolute atomic E-state index is 5.85. The standard InChI is InChI=1S/C9H15ClN2/c1-3-5-9-11-7(4-2)6-8(10)12-9/h6,9,11H,3-5H2,1-2H3. The third kappa shape index (κ3) is 2.52. The molecule has 1 N–H and O–H groups in total. The number of rotatable bonds is 3. The fourth-order valence-corrected chi connectivity index (χ4v) is 1.48. The van der Waals surface area contributed by atoms with Gasteiger partial charge in [0.1, 0.15) is 11.3 Å². The van der Waals surface area contributed by atoms with Gasteiger partial charge in [0, 0.05) is 5.70 Å². The average molecular weight is 187 g/mol. The molecule has 1 aliphatic rings. The summed E-state index contributed by atoms with van der Waals surface area (Å²) >= 11 is 5.85. The van der Waals surface area contributed by atoms with Crippen LogP contribution in [0.25, 0.3) is 0 Å². The summed E-state index contributed by atoms with van der Waals surface area (Å²) in [6.07, 6.45) is 5.26. The van der Waals surface area contributed by atoms with Crippen molar-refractivity contribution in [2.75, 3.05) is 0 Å². The molecule has 1 heterocycles. The monoisotopic (exact) mass is 186 g/mol. The Balaban J connectivity index is 2.58. The summed E-state index contributed by atoms with van der Waals surface area (Å²) in [6.45, 7) is 4.26. The van der Waals surface area contributed by atoms with E-state index in [9.17, 15) is 0 Å². The molecular weight excluding hydrogens is 172 g/mol. The SMILES string of the molecule is CCCC1N=C(Cl)C=C(CC)N1. The molecule has 0 amide bonds. The first kappa shape index (κ1) is 9.59. The van der Waals surface area contributed by atoms with Crippen molar-refractivity contribution in [3.8, 4) is 0 Å². The zero-order valence-electron chi connectivity index (χ0n) is 7.60. The zero-order valence-corrected chi connectivity index (χ0v) is 8.36. The predicted octanol–water partition coefficient (Wildman–Crippen LogP) is 2.65. The van der Waals surface area contributed by atoms with Gasteiger partial charge in [-0.3, -0.25) is 0 Å². The van der Waals surface area contributed by atoms with Gasteiger partial charge in [-0.05, 0) is 18.9 Å². The molecule has 3 heteroatoms. The summed E-state index contributed by atoms with van der Waals surface area (Å²) in [4.78, 5) is 4.26. The van der Waals surface area contributed by atoms with Gasteiger partial charge in [0.15, 0.2) is 0 Å². The van der Waals surface area contributed by atoms with Crippen molar-refractivity contribution in [3.63, 3.8) is 0 Å². The molecule has 0 aromatic rings. The highest BCUT2D eigenvalue weighted by molar-refractivity contribution is 6.68. The van der Waals surface area contributed by atoms with Crippen LogP contribution >= 0.6 is 11.6 Å². The lowest BCUT2D eigenvalue weighted by Crippen LogP contribution is -2.30. The van der Waals surface area contributed by atoms with E-state index in [-0.39, 0.29) is 6.17 Å². The average Bonchev–Trinajstić information content (AvgIpc) is 2.04. The van der Waals surface area contributed by atoms with Crippen molar-refractivity contribution in [1.82, 2.24) is 5.32 Å². The molecule has 1 unspecified atom stereocenters. The fraction of sp³-hybridized carbons (Fsp3) is 0.667. The molecule has 0 aromatic carbocycles. The normalized spacial score (nSPS) is 22.8. The second kappa shape index (κ2) is 4.51. The number of hydrogen-bond donors (Lipinski definition) is 1. The van der Waals surface area contributed by atoms with Crippen LogP contribution in [-0.4, -0.2) is 11.3 Å². The lowest BCUT2D eigenvalue weighted by Gasteiger charge is -2.20. The predicted molar refractivity (Wildman–Crippen MR) is 53.5 cm³/mol. The highest BCUT2D eigenvalue weighted by atomic mass is 35.5. The van der Waals surface area contributed by atoms with E-state index in [4.69, 9.17) is 11.6 Å². The Bertz CT molecular complexity index is 209. The number of halogens is 1. The van der Waals surface area contributed by atoms with Gasteiger partial charge < -0.3 is 5.32 Å². The Hall–Kier alpha value is -0.500. The Kier molecular flexibility index (Phi) is 3.60. The number of hydrogen-bond acceptors (Lipinski definition) is 2. The topological polar surface area (TPSA) is 24.4 Å². The molecule has 0 aliphatic carbocycles. The third-order valence-corrected chi connectivity index (χ3v) is 2.07. The van der Waals surface area contributed by atoms with E-state index in [1.54, 1.807) is 0 Å². The van der Waals surface area contributed by atoms with Crippen LogP contribution in [0.3, 0.4) is 0 Å². The van der Waals surface area contributed by atoms with Gasteiger partial charge in [-0.15, -0.1) is 0 Å². The van der Waals surface area contributed by atoms with Crippen molar-refractivity contribution in [2.45, 2.75) is 39.3 Å². The van der Waals surface area contributed by atoms with E-state index in [0.29, 0.717) is 5.17 Å². The van der Waals surface area contributed by atoms with Crippen LogP contribution < -0.4 is 5.32 Å². The van der Waals surface area contributed by atoms with E-state index in [2.05, 4.69) is 24.2 Å². The van der Waals surface area contributed by atoms with Gasteiger partial charge in [0.25, 0.3) is 0 Å². The highest BCUT2D eigenvalue weighted by Crippen LogP contribution is 2.11. The maximum atomic E-state index is 5.85. The molecule has 2 nitrogen and oxygen atoms in total. The van der Waals surface area contributed by atoms with E-state index in [1.807, 2.05) is 6.08 Å². The second-order valence-electron chi connectivity index (χ2n) is 2.92. The quantitative estimate of drug-likeness (QED) is 0.720. The first-order valence-corrected chi connectivity index (χ1v) is 4.84. The van der Waals surface area contributed by atoms with Crippen molar-refractivity contribution in [3.05, 3.63) is 11.8 Å². The van der Waals surface area contributed by atoms with Crippen LogP contribution in [0.15, 0.2) is 16.8 Å². The third-order valence-electron chi connectivity index (χ3n) is 1.87. The molecule has 1 rings (SSSR count). The minimum atomic E-state index is 0.197. The minimum Gasteiger partial charge on any atom is -0.367 e. The lowest BCUT2D eigenvalue weighted by molar-refractivity contribution is 0.528. The van der Waals surface area contributed by atoms with Crippen LogP contribution in [-0.2, 0) is 0 Å². The van der Waals surface area contributed by atoms with E-state index in [1.165, 1.54) is 5.70 Å². The molecule has 1 aliphatic heterocycles. The molecular formula is C9H15ClN2. The summed E-state index contributed by atoms with van der Waals surface area (Å²) < 4.78 is 0. The minimum absolute atomic E-state index is 0.197. The summed E-state index contributed by atoms with van der Waals surface area (Å²) in [5.74, 6) is 0.